The standard InChI is InChI=1S/C38H26N4/c1-2-6-21(5-1)31-17-27-9-23-15-35-29(11-25(23)13-33(27)39-31)19-37(41-35)38-20-30-12-26-14-34-28(10-24(26)16-36(30)42-38)18-32(40-34)22-7-3-4-8-22/h1-5,7,9-16H,6,8,17-20H2. The van der Waals surface area contributed by atoms with Crippen molar-refractivity contribution < 1.29 is 0 Å². The first-order valence-corrected chi connectivity index (χ1v) is 14.9. The molecule has 42 heavy (non-hydrogen) atoms. The summed E-state index contributed by atoms with van der Waals surface area (Å²) in [6.45, 7) is 0. The predicted octanol–water partition coefficient (Wildman–Crippen LogP) is 8.98. The number of nitrogens with zero attached hydrogens (tertiary/aromatic N) is 4. The van der Waals surface area contributed by atoms with E-state index in [2.05, 4.69) is 85.0 Å². The van der Waals surface area contributed by atoms with Crippen LogP contribution >= 0.6 is 0 Å². The third-order valence-electron chi connectivity index (χ3n) is 9.54. The van der Waals surface area contributed by atoms with Crippen molar-refractivity contribution in [3.63, 3.8) is 0 Å². The van der Waals surface area contributed by atoms with Crippen LogP contribution in [0.3, 0.4) is 0 Å². The Morgan fingerprint density at radius 1 is 0.381 bits per heavy atom. The van der Waals surface area contributed by atoms with Crippen molar-refractivity contribution >= 4 is 67.1 Å². The molecule has 0 unspecified atom stereocenters. The molecule has 4 aromatic rings. The lowest BCUT2D eigenvalue weighted by molar-refractivity contribution is 1.31. The van der Waals surface area contributed by atoms with Crippen LogP contribution < -0.4 is 0 Å². The molecule has 0 saturated heterocycles. The van der Waals surface area contributed by atoms with Gasteiger partial charge in [-0.1, -0.05) is 36.5 Å². The fourth-order valence-electron chi connectivity index (χ4n) is 7.31. The van der Waals surface area contributed by atoms with Gasteiger partial charge in [-0.05, 0) is 116 Å². The van der Waals surface area contributed by atoms with Crippen molar-refractivity contribution in [3.05, 3.63) is 118 Å². The summed E-state index contributed by atoms with van der Waals surface area (Å²) in [5.74, 6) is 0. The van der Waals surface area contributed by atoms with E-state index in [9.17, 15) is 0 Å². The highest BCUT2D eigenvalue weighted by Gasteiger charge is 2.26. The predicted molar refractivity (Wildman–Crippen MR) is 175 cm³/mol. The summed E-state index contributed by atoms with van der Waals surface area (Å²) in [6.07, 6.45) is 18.6. The van der Waals surface area contributed by atoms with Gasteiger partial charge in [0.25, 0.3) is 0 Å². The molecule has 4 aromatic carbocycles. The number of allylic oxidation sites excluding steroid dienone is 8. The minimum atomic E-state index is 0.832. The third-order valence-corrected chi connectivity index (χ3v) is 9.54. The fraction of sp³-hybridized carbons (Fsp3) is 0.158. The van der Waals surface area contributed by atoms with Crippen molar-refractivity contribution in [2.45, 2.75) is 38.5 Å². The van der Waals surface area contributed by atoms with Crippen molar-refractivity contribution in [3.8, 4) is 0 Å². The van der Waals surface area contributed by atoms with Gasteiger partial charge in [-0.15, -0.1) is 0 Å². The molecule has 0 saturated carbocycles. The number of hydrogen-bond donors (Lipinski definition) is 0. The van der Waals surface area contributed by atoms with E-state index in [4.69, 9.17) is 20.0 Å². The Kier molecular flexibility index (Phi) is 4.48. The van der Waals surface area contributed by atoms with Gasteiger partial charge in [0.2, 0.25) is 0 Å². The van der Waals surface area contributed by atoms with E-state index in [1.165, 1.54) is 66.4 Å². The van der Waals surface area contributed by atoms with Gasteiger partial charge in [-0.2, -0.15) is 0 Å². The van der Waals surface area contributed by atoms with E-state index in [0.717, 1.165) is 72.7 Å². The van der Waals surface area contributed by atoms with Crippen molar-refractivity contribution in [1.82, 2.24) is 0 Å². The molecular weight excluding hydrogens is 512 g/mol. The van der Waals surface area contributed by atoms with Crippen LogP contribution in [0.1, 0.15) is 35.1 Å². The lowest BCUT2D eigenvalue weighted by Gasteiger charge is -2.05. The summed E-state index contributed by atoms with van der Waals surface area (Å²) in [6, 6.07) is 18.3. The topological polar surface area (TPSA) is 49.4 Å². The van der Waals surface area contributed by atoms with Crippen molar-refractivity contribution in [2.24, 2.45) is 20.0 Å². The second-order valence-corrected chi connectivity index (χ2v) is 12.2. The summed E-state index contributed by atoms with van der Waals surface area (Å²) in [7, 11) is 0. The fourth-order valence-corrected chi connectivity index (χ4v) is 7.31. The minimum Gasteiger partial charge on any atom is -0.252 e. The maximum absolute atomic E-state index is 5.12. The Morgan fingerprint density at radius 3 is 1.05 bits per heavy atom. The number of fused-ring (bicyclic) bond motifs is 6. The molecule has 0 bridgehead atoms. The van der Waals surface area contributed by atoms with Gasteiger partial charge in [-0.3, -0.25) is 20.0 Å². The minimum absolute atomic E-state index is 0.832. The van der Waals surface area contributed by atoms with Gasteiger partial charge in [0.05, 0.1) is 34.2 Å². The molecule has 10 rings (SSSR count). The molecule has 4 heterocycles. The maximum Gasteiger partial charge on any atom is 0.0676 e. The van der Waals surface area contributed by atoms with Gasteiger partial charge in [-0.25, -0.2) is 0 Å². The van der Waals surface area contributed by atoms with E-state index in [1.54, 1.807) is 0 Å². The molecule has 0 fully saturated rings. The number of rotatable bonds is 3. The largest absolute Gasteiger partial charge is 0.252 e. The van der Waals surface area contributed by atoms with Crippen LogP contribution in [0.4, 0.5) is 22.7 Å². The third kappa shape index (κ3) is 3.41. The summed E-state index contributed by atoms with van der Waals surface area (Å²) >= 11 is 0. The maximum atomic E-state index is 5.12. The average Bonchev–Trinajstić information content (AvgIpc) is 3.83. The van der Waals surface area contributed by atoms with Gasteiger partial charge < -0.3 is 0 Å². The highest BCUT2D eigenvalue weighted by Crippen LogP contribution is 2.41. The normalized spacial score (nSPS) is 19.0. The Hall–Kier alpha value is -4.96. The Labute approximate surface area is 243 Å². The Balaban J connectivity index is 0.930. The van der Waals surface area contributed by atoms with Gasteiger partial charge in [0.15, 0.2) is 0 Å². The second-order valence-electron chi connectivity index (χ2n) is 12.2. The van der Waals surface area contributed by atoms with Gasteiger partial charge in [0, 0.05) is 37.1 Å². The van der Waals surface area contributed by atoms with Crippen molar-refractivity contribution in [1.29, 1.82) is 0 Å². The van der Waals surface area contributed by atoms with Crippen LogP contribution in [0.5, 0.6) is 0 Å². The first-order valence-electron chi connectivity index (χ1n) is 14.9. The first kappa shape index (κ1) is 22.7. The summed E-state index contributed by atoms with van der Waals surface area (Å²) in [4.78, 5) is 20.2. The molecule has 0 aromatic heterocycles. The lowest BCUT2D eigenvalue weighted by Crippen LogP contribution is -2.13. The molecule has 0 N–H and O–H groups in total. The van der Waals surface area contributed by atoms with Crippen LogP contribution in [0.15, 0.2) is 116 Å². The van der Waals surface area contributed by atoms with Crippen LogP contribution in [-0.4, -0.2) is 22.8 Å². The van der Waals surface area contributed by atoms with Crippen molar-refractivity contribution in [2.75, 3.05) is 0 Å². The summed E-state index contributed by atoms with van der Waals surface area (Å²) < 4.78 is 0. The van der Waals surface area contributed by atoms with E-state index in [1.807, 2.05) is 0 Å². The Morgan fingerprint density at radius 2 is 0.714 bits per heavy atom. The van der Waals surface area contributed by atoms with E-state index < -0.39 is 0 Å². The molecule has 4 heteroatoms. The number of benzene rings is 4. The zero-order valence-electron chi connectivity index (χ0n) is 23.1. The number of hydrogen-bond acceptors (Lipinski definition) is 4. The molecule has 6 aliphatic rings. The van der Waals surface area contributed by atoms with Gasteiger partial charge in [0.1, 0.15) is 0 Å². The average molecular weight is 539 g/mol. The molecule has 0 atom stereocenters. The highest BCUT2D eigenvalue weighted by atomic mass is 14.9. The van der Waals surface area contributed by atoms with E-state index in [0.29, 0.717) is 0 Å². The van der Waals surface area contributed by atoms with Gasteiger partial charge >= 0.3 is 0 Å². The van der Waals surface area contributed by atoms with Crippen LogP contribution in [-0.2, 0) is 25.7 Å². The molecule has 4 aliphatic heterocycles. The SMILES string of the molecule is C1=CCC(C2=Nc3cc4cc5c(cc4cc3C2)N=C(C2=Nc3cc4cc6c(cc4cc3C2)N=C(C2=CC=CC2)C6)C5)=C1. The van der Waals surface area contributed by atoms with E-state index in [-0.39, 0.29) is 0 Å². The summed E-state index contributed by atoms with van der Waals surface area (Å²) in [5, 5.41) is 4.98. The zero-order valence-corrected chi connectivity index (χ0v) is 23.1. The quantitative estimate of drug-likeness (QED) is 0.250. The zero-order chi connectivity index (χ0) is 27.4. The highest BCUT2D eigenvalue weighted by molar-refractivity contribution is 6.46. The number of aliphatic imine (C=N–C) groups is 4. The van der Waals surface area contributed by atoms with E-state index >= 15 is 0 Å². The molecule has 0 radical (unpaired) electrons. The van der Waals surface area contributed by atoms with Crippen LogP contribution in [0.25, 0.3) is 21.5 Å². The van der Waals surface area contributed by atoms with Crippen LogP contribution in [0, 0.1) is 0 Å². The lowest BCUT2D eigenvalue weighted by atomic mass is 9.97. The molecule has 2 aliphatic carbocycles. The molecule has 198 valence electrons. The second kappa shape index (κ2) is 8.29. The smallest absolute Gasteiger partial charge is 0.0676 e. The Bertz CT molecular complexity index is 2070. The monoisotopic (exact) mass is 538 g/mol. The molecular formula is C38H26N4. The molecule has 4 nitrogen and oxygen atoms in total. The summed E-state index contributed by atoms with van der Waals surface area (Å²) in [5.41, 5.74) is 16.9. The molecule has 0 spiro atoms. The van der Waals surface area contributed by atoms with Crippen LogP contribution in [0.2, 0.25) is 0 Å². The first-order chi connectivity index (χ1) is 20.7. The molecule has 0 amide bonds.